The number of hydrogen-bond donors (Lipinski definition) is 1. The van der Waals surface area contributed by atoms with Gasteiger partial charge < -0.3 is 10.5 Å². The summed E-state index contributed by atoms with van der Waals surface area (Å²) in [5.74, 6) is 0.966. The lowest BCUT2D eigenvalue weighted by atomic mass is 9.81. The maximum atomic E-state index is 11.7. The normalized spacial score (nSPS) is 32.9. The van der Waals surface area contributed by atoms with Gasteiger partial charge in [-0.3, -0.25) is 4.79 Å². The van der Waals surface area contributed by atoms with E-state index in [0.29, 0.717) is 18.2 Å². The molecule has 3 heteroatoms. The van der Waals surface area contributed by atoms with Crippen molar-refractivity contribution in [3.63, 3.8) is 0 Å². The molecule has 1 aliphatic carbocycles. The van der Waals surface area contributed by atoms with E-state index < -0.39 is 0 Å². The van der Waals surface area contributed by atoms with Crippen molar-refractivity contribution < 1.29 is 9.53 Å². The third kappa shape index (κ3) is 2.15. The fourth-order valence-electron chi connectivity index (χ4n) is 2.23. The minimum Gasteiger partial charge on any atom is -0.366 e. The molecule has 2 rings (SSSR count). The molecule has 0 aromatic rings. The van der Waals surface area contributed by atoms with Crippen molar-refractivity contribution in [2.75, 3.05) is 6.54 Å². The summed E-state index contributed by atoms with van der Waals surface area (Å²) in [5.41, 5.74) is 5.50. The molecule has 2 unspecified atom stereocenters. The van der Waals surface area contributed by atoms with Crippen molar-refractivity contribution in [3.05, 3.63) is 0 Å². The van der Waals surface area contributed by atoms with Gasteiger partial charge in [-0.15, -0.1) is 0 Å². The zero-order valence-electron chi connectivity index (χ0n) is 8.58. The molecule has 2 N–H and O–H groups in total. The molecule has 2 fully saturated rings. The molecule has 14 heavy (non-hydrogen) atoms. The standard InChI is InChI=1S/C11H19NO2/c12-7-9-4-5-11(14-9)10(13)6-8-2-1-3-8/h8-9,11H,1-7,12H2. The summed E-state index contributed by atoms with van der Waals surface area (Å²) in [5, 5.41) is 0. The average molecular weight is 197 g/mol. The van der Waals surface area contributed by atoms with Gasteiger partial charge in [0.15, 0.2) is 5.78 Å². The van der Waals surface area contributed by atoms with Gasteiger partial charge in [-0.25, -0.2) is 0 Å². The van der Waals surface area contributed by atoms with Gasteiger partial charge in [-0.1, -0.05) is 19.3 Å². The number of nitrogens with two attached hydrogens (primary N) is 1. The predicted octanol–water partition coefficient (Wildman–Crippen LogP) is 1.25. The summed E-state index contributed by atoms with van der Waals surface area (Å²) >= 11 is 0. The molecular weight excluding hydrogens is 178 g/mol. The Morgan fingerprint density at radius 2 is 2.07 bits per heavy atom. The Hall–Kier alpha value is -0.410. The Kier molecular flexibility index (Phi) is 3.19. The molecule has 1 aliphatic heterocycles. The first-order chi connectivity index (χ1) is 6.79. The highest BCUT2D eigenvalue weighted by Crippen LogP contribution is 2.31. The average Bonchev–Trinajstić information content (AvgIpc) is 2.59. The SMILES string of the molecule is NCC1CCC(C(=O)CC2CCC2)O1. The predicted molar refractivity (Wildman–Crippen MR) is 53.9 cm³/mol. The maximum absolute atomic E-state index is 11.7. The quantitative estimate of drug-likeness (QED) is 0.738. The highest BCUT2D eigenvalue weighted by atomic mass is 16.5. The summed E-state index contributed by atoms with van der Waals surface area (Å²) in [6, 6.07) is 0. The minimum atomic E-state index is -0.135. The van der Waals surface area contributed by atoms with E-state index in [1.54, 1.807) is 0 Å². The van der Waals surface area contributed by atoms with Crippen LogP contribution in [0.2, 0.25) is 0 Å². The molecule has 1 heterocycles. The Bertz CT molecular complexity index is 213. The number of carbonyl (C=O) groups is 1. The van der Waals surface area contributed by atoms with Crippen molar-refractivity contribution in [3.8, 4) is 0 Å². The zero-order valence-corrected chi connectivity index (χ0v) is 8.58. The van der Waals surface area contributed by atoms with Crippen LogP contribution < -0.4 is 5.73 Å². The first kappa shape index (κ1) is 10.1. The highest BCUT2D eigenvalue weighted by Gasteiger charge is 2.31. The van der Waals surface area contributed by atoms with E-state index in [-0.39, 0.29) is 12.2 Å². The lowest BCUT2D eigenvalue weighted by Gasteiger charge is -2.25. The molecule has 0 aromatic carbocycles. The first-order valence-corrected chi connectivity index (χ1v) is 5.68. The molecule has 0 radical (unpaired) electrons. The Labute approximate surface area is 85.0 Å². The van der Waals surface area contributed by atoms with Crippen molar-refractivity contribution in [1.29, 1.82) is 0 Å². The van der Waals surface area contributed by atoms with Gasteiger partial charge in [0, 0.05) is 13.0 Å². The van der Waals surface area contributed by atoms with E-state index in [4.69, 9.17) is 10.5 Å². The first-order valence-electron chi connectivity index (χ1n) is 5.68. The molecular formula is C11H19NO2. The fraction of sp³-hybridized carbons (Fsp3) is 0.909. The Morgan fingerprint density at radius 1 is 1.29 bits per heavy atom. The largest absolute Gasteiger partial charge is 0.366 e. The summed E-state index contributed by atoms with van der Waals surface area (Å²) in [6.45, 7) is 0.549. The molecule has 1 saturated carbocycles. The molecule has 1 saturated heterocycles. The fourth-order valence-corrected chi connectivity index (χ4v) is 2.23. The van der Waals surface area contributed by atoms with E-state index in [1.165, 1.54) is 19.3 Å². The van der Waals surface area contributed by atoms with Crippen LogP contribution in [-0.4, -0.2) is 24.5 Å². The highest BCUT2D eigenvalue weighted by molar-refractivity contribution is 5.83. The van der Waals surface area contributed by atoms with E-state index in [1.807, 2.05) is 0 Å². The van der Waals surface area contributed by atoms with Crippen LogP contribution in [0.4, 0.5) is 0 Å². The van der Waals surface area contributed by atoms with Crippen LogP contribution in [-0.2, 0) is 9.53 Å². The van der Waals surface area contributed by atoms with Gasteiger partial charge >= 0.3 is 0 Å². The lowest BCUT2D eigenvalue weighted by molar-refractivity contribution is -0.131. The number of ether oxygens (including phenoxy) is 1. The molecule has 0 amide bonds. The Balaban J connectivity index is 1.74. The molecule has 0 aromatic heterocycles. The molecule has 80 valence electrons. The molecule has 3 nitrogen and oxygen atoms in total. The van der Waals surface area contributed by atoms with Crippen molar-refractivity contribution >= 4 is 5.78 Å². The van der Waals surface area contributed by atoms with Crippen LogP contribution in [0.15, 0.2) is 0 Å². The number of Topliss-reactive ketones (excluding diaryl/α,β-unsaturated/α-hetero) is 1. The van der Waals surface area contributed by atoms with E-state index in [9.17, 15) is 4.79 Å². The topological polar surface area (TPSA) is 52.3 Å². The number of ketones is 1. The summed E-state index contributed by atoms with van der Waals surface area (Å²) in [4.78, 5) is 11.7. The van der Waals surface area contributed by atoms with Gasteiger partial charge in [0.1, 0.15) is 6.10 Å². The molecule has 0 spiro atoms. The summed E-state index contributed by atoms with van der Waals surface area (Å²) in [6.07, 6.45) is 6.34. The summed E-state index contributed by atoms with van der Waals surface area (Å²) < 4.78 is 5.57. The smallest absolute Gasteiger partial charge is 0.161 e. The van der Waals surface area contributed by atoms with Gasteiger partial charge in [0.2, 0.25) is 0 Å². The van der Waals surface area contributed by atoms with E-state index in [2.05, 4.69) is 0 Å². The van der Waals surface area contributed by atoms with Gasteiger partial charge in [-0.2, -0.15) is 0 Å². The second-order valence-corrected chi connectivity index (χ2v) is 4.53. The molecule has 2 aliphatic rings. The maximum Gasteiger partial charge on any atom is 0.161 e. The van der Waals surface area contributed by atoms with Crippen LogP contribution in [0.25, 0.3) is 0 Å². The van der Waals surface area contributed by atoms with E-state index in [0.717, 1.165) is 19.3 Å². The molecule has 0 bridgehead atoms. The van der Waals surface area contributed by atoms with E-state index >= 15 is 0 Å². The number of hydrogen-bond acceptors (Lipinski definition) is 3. The van der Waals surface area contributed by atoms with Gasteiger partial charge in [0.05, 0.1) is 6.10 Å². The van der Waals surface area contributed by atoms with Crippen LogP contribution in [0.5, 0.6) is 0 Å². The van der Waals surface area contributed by atoms with Crippen LogP contribution >= 0.6 is 0 Å². The van der Waals surface area contributed by atoms with Gasteiger partial charge in [-0.05, 0) is 18.8 Å². The Morgan fingerprint density at radius 3 is 2.57 bits per heavy atom. The van der Waals surface area contributed by atoms with Crippen LogP contribution in [0, 0.1) is 5.92 Å². The second kappa shape index (κ2) is 4.41. The van der Waals surface area contributed by atoms with Gasteiger partial charge in [0.25, 0.3) is 0 Å². The monoisotopic (exact) mass is 197 g/mol. The number of rotatable bonds is 4. The zero-order chi connectivity index (χ0) is 9.97. The van der Waals surface area contributed by atoms with Crippen LogP contribution in [0.3, 0.4) is 0 Å². The molecule has 2 atom stereocenters. The minimum absolute atomic E-state index is 0.130. The van der Waals surface area contributed by atoms with Crippen molar-refractivity contribution in [2.24, 2.45) is 11.7 Å². The third-order valence-electron chi connectivity index (χ3n) is 3.44. The second-order valence-electron chi connectivity index (χ2n) is 4.53. The number of carbonyl (C=O) groups excluding carboxylic acids is 1. The summed E-state index contributed by atoms with van der Waals surface area (Å²) in [7, 11) is 0. The lowest BCUT2D eigenvalue weighted by Crippen LogP contribution is -2.27. The van der Waals surface area contributed by atoms with Crippen molar-refractivity contribution in [2.45, 2.75) is 50.7 Å². The third-order valence-corrected chi connectivity index (χ3v) is 3.44. The van der Waals surface area contributed by atoms with Crippen molar-refractivity contribution in [1.82, 2.24) is 0 Å². The van der Waals surface area contributed by atoms with Crippen LogP contribution in [0.1, 0.15) is 38.5 Å².